The number of carbonyl (C=O) groups excluding carboxylic acids is 1. The van der Waals surface area contributed by atoms with E-state index in [1.807, 2.05) is 50.2 Å². The van der Waals surface area contributed by atoms with Crippen molar-refractivity contribution in [3.05, 3.63) is 93.5 Å². The van der Waals surface area contributed by atoms with Gasteiger partial charge in [0.15, 0.2) is 6.17 Å². The lowest BCUT2D eigenvalue weighted by atomic mass is 10.0. The quantitative estimate of drug-likeness (QED) is 0.282. The summed E-state index contributed by atoms with van der Waals surface area (Å²) in [6, 6.07) is 18.4. The average molecular weight is 526 g/mol. The van der Waals surface area contributed by atoms with Crippen LogP contribution in [0.15, 0.2) is 65.8 Å². The standard InChI is InChI=1S/C27H29ClN3O4P/c1-5-34-36(33,35-6-2)25-14-9-19(4)15-23(25)26-30-27(32)22-13-12-21(28)16-24(22)31(26)29-17-20-10-7-18(3)8-11-20/h7-17,26H,5-6H2,1-4H3,(H,30,32)/b29-17+. The molecule has 4 rings (SSSR count). The highest BCUT2D eigenvalue weighted by Gasteiger charge is 2.38. The molecule has 0 spiro atoms. The van der Waals surface area contributed by atoms with Crippen LogP contribution in [0.2, 0.25) is 5.02 Å². The second-order valence-corrected chi connectivity index (χ2v) is 10.9. The average Bonchev–Trinajstić information content (AvgIpc) is 2.84. The summed E-state index contributed by atoms with van der Waals surface area (Å²) < 4.78 is 25.2. The summed E-state index contributed by atoms with van der Waals surface area (Å²) in [6.07, 6.45) is 0.934. The molecule has 7 nitrogen and oxygen atoms in total. The Bertz CT molecular complexity index is 1330. The molecule has 0 aliphatic carbocycles. The van der Waals surface area contributed by atoms with Crippen molar-refractivity contribution in [3.8, 4) is 0 Å². The lowest BCUT2D eigenvalue weighted by Gasteiger charge is -2.37. The minimum Gasteiger partial charge on any atom is -0.326 e. The van der Waals surface area contributed by atoms with Crippen LogP contribution in [-0.2, 0) is 13.6 Å². The maximum atomic E-state index is 13.9. The fraction of sp³-hybridized carbons (Fsp3) is 0.259. The first kappa shape index (κ1) is 26.1. The molecule has 1 heterocycles. The number of halogens is 1. The van der Waals surface area contributed by atoms with Crippen molar-refractivity contribution in [2.75, 3.05) is 18.2 Å². The van der Waals surface area contributed by atoms with Gasteiger partial charge in [-0.1, -0.05) is 59.1 Å². The minimum absolute atomic E-state index is 0.204. The van der Waals surface area contributed by atoms with E-state index in [4.69, 9.17) is 25.7 Å². The molecule has 0 bridgehead atoms. The maximum absolute atomic E-state index is 13.9. The van der Waals surface area contributed by atoms with E-state index in [1.165, 1.54) is 0 Å². The van der Waals surface area contributed by atoms with Crippen LogP contribution in [0.4, 0.5) is 5.69 Å². The molecule has 3 aromatic carbocycles. The van der Waals surface area contributed by atoms with E-state index < -0.39 is 13.8 Å². The number of rotatable bonds is 8. The van der Waals surface area contributed by atoms with Gasteiger partial charge in [0.25, 0.3) is 5.91 Å². The first-order valence-electron chi connectivity index (χ1n) is 11.8. The number of anilines is 1. The number of hydrogen-bond donors (Lipinski definition) is 1. The second kappa shape index (κ2) is 11.0. The third-order valence-electron chi connectivity index (χ3n) is 5.74. The lowest BCUT2D eigenvalue weighted by Crippen LogP contribution is -2.46. The lowest BCUT2D eigenvalue weighted by molar-refractivity contribution is 0.0926. The maximum Gasteiger partial charge on any atom is 0.361 e. The number of amides is 1. The summed E-state index contributed by atoms with van der Waals surface area (Å²) in [5.41, 5.74) is 4.48. The molecule has 0 aromatic heterocycles. The number of hydrogen-bond acceptors (Lipinski definition) is 6. The number of hydrazone groups is 1. The van der Waals surface area contributed by atoms with Gasteiger partial charge in [-0.25, -0.2) is 5.01 Å². The first-order chi connectivity index (χ1) is 17.3. The molecule has 0 saturated heterocycles. The molecule has 0 radical (unpaired) electrons. The van der Waals surface area contributed by atoms with Crippen LogP contribution in [0, 0.1) is 13.8 Å². The van der Waals surface area contributed by atoms with Crippen LogP contribution in [0.1, 0.15) is 52.6 Å². The molecule has 0 saturated carbocycles. The molecule has 1 aliphatic heterocycles. The van der Waals surface area contributed by atoms with Crippen molar-refractivity contribution < 1.29 is 18.4 Å². The molecule has 1 aliphatic rings. The van der Waals surface area contributed by atoms with Crippen molar-refractivity contribution >= 4 is 42.3 Å². The highest BCUT2D eigenvalue weighted by atomic mass is 35.5. The van der Waals surface area contributed by atoms with Gasteiger partial charge in [0.05, 0.1) is 36.0 Å². The minimum atomic E-state index is -3.67. The van der Waals surface area contributed by atoms with Crippen LogP contribution in [0.5, 0.6) is 0 Å². The van der Waals surface area contributed by atoms with Crippen LogP contribution in [0.25, 0.3) is 0 Å². The van der Waals surface area contributed by atoms with E-state index in [1.54, 1.807) is 49.3 Å². The van der Waals surface area contributed by atoms with E-state index in [-0.39, 0.29) is 19.1 Å². The van der Waals surface area contributed by atoms with Gasteiger partial charge in [-0.05, 0) is 57.5 Å². The van der Waals surface area contributed by atoms with Gasteiger partial charge in [0, 0.05) is 10.6 Å². The van der Waals surface area contributed by atoms with Crippen molar-refractivity contribution in [2.45, 2.75) is 33.9 Å². The van der Waals surface area contributed by atoms with Crippen molar-refractivity contribution in [1.29, 1.82) is 0 Å². The summed E-state index contributed by atoms with van der Waals surface area (Å²) in [5.74, 6) is -0.288. The smallest absolute Gasteiger partial charge is 0.326 e. The number of nitrogens with one attached hydrogen (secondary N) is 1. The number of benzene rings is 3. The summed E-state index contributed by atoms with van der Waals surface area (Å²) in [7, 11) is -3.67. The van der Waals surface area contributed by atoms with Gasteiger partial charge in [-0.3, -0.25) is 9.36 Å². The fourth-order valence-corrected chi connectivity index (χ4v) is 6.03. The van der Waals surface area contributed by atoms with Gasteiger partial charge in [0.2, 0.25) is 0 Å². The molecule has 0 fully saturated rings. The van der Waals surface area contributed by atoms with E-state index in [0.717, 1.165) is 16.7 Å². The summed E-state index contributed by atoms with van der Waals surface area (Å²) in [5, 5.41) is 10.3. The van der Waals surface area contributed by atoms with E-state index in [0.29, 0.717) is 27.1 Å². The topological polar surface area (TPSA) is 80.2 Å². The van der Waals surface area contributed by atoms with Gasteiger partial charge in [0.1, 0.15) is 0 Å². The van der Waals surface area contributed by atoms with Gasteiger partial charge in [-0.2, -0.15) is 5.10 Å². The Kier molecular flexibility index (Phi) is 7.96. The summed E-state index contributed by atoms with van der Waals surface area (Å²) in [6.45, 7) is 7.87. The fourth-order valence-electron chi connectivity index (χ4n) is 4.07. The van der Waals surface area contributed by atoms with E-state index in [2.05, 4.69) is 5.32 Å². The zero-order valence-corrected chi connectivity index (χ0v) is 22.3. The second-order valence-electron chi connectivity index (χ2n) is 8.43. The van der Waals surface area contributed by atoms with Gasteiger partial charge >= 0.3 is 7.60 Å². The Labute approximate surface area is 216 Å². The normalized spacial score (nSPS) is 15.8. The molecule has 36 heavy (non-hydrogen) atoms. The van der Waals surface area contributed by atoms with Crippen LogP contribution in [-0.4, -0.2) is 25.3 Å². The van der Waals surface area contributed by atoms with Crippen molar-refractivity contribution in [3.63, 3.8) is 0 Å². The zero-order chi connectivity index (χ0) is 25.9. The van der Waals surface area contributed by atoms with Crippen LogP contribution < -0.4 is 15.6 Å². The number of nitrogens with zero attached hydrogens (tertiary/aromatic N) is 2. The van der Waals surface area contributed by atoms with E-state index >= 15 is 0 Å². The Morgan fingerprint density at radius 2 is 1.67 bits per heavy atom. The van der Waals surface area contributed by atoms with Gasteiger partial charge < -0.3 is 14.4 Å². The van der Waals surface area contributed by atoms with Crippen molar-refractivity contribution in [2.24, 2.45) is 5.10 Å². The van der Waals surface area contributed by atoms with Gasteiger partial charge in [-0.15, -0.1) is 0 Å². The summed E-state index contributed by atoms with van der Waals surface area (Å²) in [4.78, 5) is 13.2. The molecule has 1 atom stereocenters. The molecule has 1 amide bonds. The third-order valence-corrected chi connectivity index (χ3v) is 8.17. The first-order valence-corrected chi connectivity index (χ1v) is 13.7. The molecule has 9 heteroatoms. The highest BCUT2D eigenvalue weighted by molar-refractivity contribution is 7.62. The molecule has 188 valence electrons. The molecule has 1 unspecified atom stereocenters. The van der Waals surface area contributed by atoms with Crippen LogP contribution >= 0.6 is 19.2 Å². The Morgan fingerprint density at radius 1 is 1.00 bits per heavy atom. The van der Waals surface area contributed by atoms with E-state index in [9.17, 15) is 9.36 Å². The van der Waals surface area contributed by atoms with Crippen molar-refractivity contribution in [1.82, 2.24) is 5.32 Å². The Balaban J connectivity index is 1.90. The molecule has 1 N–H and O–H groups in total. The number of fused-ring (bicyclic) bond motifs is 1. The largest absolute Gasteiger partial charge is 0.361 e. The SMILES string of the molecule is CCOP(=O)(OCC)c1ccc(C)cc1C1NC(=O)c2ccc(Cl)cc2N1/N=C/c1ccc(C)cc1. The zero-order valence-electron chi connectivity index (χ0n) is 20.7. The highest BCUT2D eigenvalue weighted by Crippen LogP contribution is 2.49. The predicted octanol–water partition coefficient (Wildman–Crippen LogP) is 6.13. The van der Waals surface area contributed by atoms with Crippen LogP contribution in [0.3, 0.4) is 0 Å². The molecule has 3 aromatic rings. The number of aryl methyl sites for hydroxylation is 2. The Morgan fingerprint density at radius 3 is 2.33 bits per heavy atom. The summed E-state index contributed by atoms with van der Waals surface area (Å²) >= 11 is 6.33. The Hall–Kier alpha value is -2.96. The monoisotopic (exact) mass is 525 g/mol. The predicted molar refractivity (Wildman–Crippen MR) is 145 cm³/mol. The molecular weight excluding hydrogens is 497 g/mol. The number of carbonyl (C=O) groups is 1. The molecular formula is C27H29ClN3O4P. The third kappa shape index (κ3) is 5.40.